The standard InChI is InChI=1S/C26H22ClFN4O3/c1-17-24(25(27)32(31-17)21-13-11-20(28)12-14-21)26(34)30-29-23(33)16-35-22-10-6-5-9-19(22)15-18-7-3-2-4-8-18/h2-14H,15-16H2,1H3,(H,29,33)(H,30,34). The molecule has 2 N–H and O–H groups in total. The van der Waals surface area contributed by atoms with Crippen LogP contribution in [0.4, 0.5) is 4.39 Å². The minimum absolute atomic E-state index is 0.0342. The Morgan fingerprint density at radius 1 is 0.971 bits per heavy atom. The van der Waals surface area contributed by atoms with Gasteiger partial charge in [-0.1, -0.05) is 60.1 Å². The molecule has 1 aromatic heterocycles. The number of hydrogen-bond donors (Lipinski definition) is 2. The summed E-state index contributed by atoms with van der Waals surface area (Å²) >= 11 is 6.35. The van der Waals surface area contributed by atoms with Gasteiger partial charge in [0.25, 0.3) is 11.8 Å². The Hall–Kier alpha value is -4.17. The van der Waals surface area contributed by atoms with Gasteiger partial charge in [0.2, 0.25) is 0 Å². The Bertz CT molecular complexity index is 1340. The average molecular weight is 493 g/mol. The van der Waals surface area contributed by atoms with Gasteiger partial charge in [-0.3, -0.25) is 20.4 Å². The zero-order valence-corrected chi connectivity index (χ0v) is 19.6. The Balaban J connectivity index is 1.35. The minimum Gasteiger partial charge on any atom is -0.483 e. The maximum atomic E-state index is 13.2. The van der Waals surface area contributed by atoms with Gasteiger partial charge in [-0.2, -0.15) is 5.10 Å². The first-order valence-electron chi connectivity index (χ1n) is 10.8. The van der Waals surface area contributed by atoms with Crippen molar-refractivity contribution in [2.75, 3.05) is 6.61 Å². The predicted octanol–water partition coefficient (Wildman–Crippen LogP) is 4.40. The first-order chi connectivity index (χ1) is 16.9. The number of aryl methyl sites for hydroxylation is 1. The highest BCUT2D eigenvalue weighted by molar-refractivity contribution is 6.33. The van der Waals surface area contributed by atoms with Crippen LogP contribution in [-0.2, 0) is 11.2 Å². The van der Waals surface area contributed by atoms with E-state index in [-0.39, 0.29) is 17.3 Å². The zero-order chi connectivity index (χ0) is 24.8. The molecule has 0 radical (unpaired) electrons. The van der Waals surface area contributed by atoms with E-state index in [0.717, 1.165) is 11.1 Å². The SMILES string of the molecule is Cc1nn(-c2ccc(F)cc2)c(Cl)c1C(=O)NNC(=O)COc1ccccc1Cc1ccccc1. The topological polar surface area (TPSA) is 85.3 Å². The van der Waals surface area contributed by atoms with Gasteiger partial charge in [0, 0.05) is 6.42 Å². The molecule has 0 spiro atoms. The van der Waals surface area contributed by atoms with E-state index in [9.17, 15) is 14.0 Å². The Kier molecular flexibility index (Phi) is 7.42. The van der Waals surface area contributed by atoms with Crippen LogP contribution in [0.3, 0.4) is 0 Å². The van der Waals surface area contributed by atoms with Crippen molar-refractivity contribution in [1.29, 1.82) is 0 Å². The second-order valence-corrected chi connectivity index (χ2v) is 8.06. The molecular weight excluding hydrogens is 471 g/mol. The molecular formula is C26H22ClFN4O3. The second kappa shape index (κ2) is 10.8. The van der Waals surface area contributed by atoms with Crippen LogP contribution in [0.25, 0.3) is 5.69 Å². The van der Waals surface area contributed by atoms with E-state index in [4.69, 9.17) is 16.3 Å². The van der Waals surface area contributed by atoms with Crippen molar-refractivity contribution in [3.63, 3.8) is 0 Å². The number of nitrogens with zero attached hydrogens (tertiary/aromatic N) is 2. The summed E-state index contributed by atoms with van der Waals surface area (Å²) in [6.07, 6.45) is 0.658. The van der Waals surface area contributed by atoms with Gasteiger partial charge >= 0.3 is 0 Å². The van der Waals surface area contributed by atoms with Gasteiger partial charge in [-0.25, -0.2) is 9.07 Å². The third-order valence-corrected chi connectivity index (χ3v) is 5.54. The van der Waals surface area contributed by atoms with Crippen molar-refractivity contribution in [3.05, 3.63) is 112 Å². The fourth-order valence-electron chi connectivity index (χ4n) is 3.49. The number of amides is 2. The number of halogens is 2. The van der Waals surface area contributed by atoms with E-state index in [2.05, 4.69) is 16.0 Å². The molecule has 0 fully saturated rings. The molecule has 0 aliphatic rings. The molecule has 3 aromatic carbocycles. The molecule has 4 aromatic rings. The van der Waals surface area contributed by atoms with Crippen molar-refractivity contribution in [1.82, 2.24) is 20.6 Å². The number of aromatic nitrogens is 2. The lowest BCUT2D eigenvalue weighted by atomic mass is 10.0. The van der Waals surface area contributed by atoms with Crippen LogP contribution in [0, 0.1) is 12.7 Å². The fraction of sp³-hybridized carbons (Fsp3) is 0.115. The maximum Gasteiger partial charge on any atom is 0.276 e. The van der Waals surface area contributed by atoms with E-state index in [1.54, 1.807) is 13.0 Å². The molecule has 0 unspecified atom stereocenters. The molecule has 0 aliphatic carbocycles. The number of para-hydroxylation sites is 1. The molecule has 0 aliphatic heterocycles. The van der Waals surface area contributed by atoms with Crippen molar-refractivity contribution in [3.8, 4) is 11.4 Å². The number of carbonyl (C=O) groups is 2. The summed E-state index contributed by atoms with van der Waals surface area (Å²) in [5.41, 5.74) is 7.63. The third-order valence-electron chi connectivity index (χ3n) is 5.19. The lowest BCUT2D eigenvalue weighted by Crippen LogP contribution is -2.44. The van der Waals surface area contributed by atoms with Gasteiger partial charge < -0.3 is 4.74 Å². The fourth-order valence-corrected chi connectivity index (χ4v) is 3.84. The van der Waals surface area contributed by atoms with Crippen molar-refractivity contribution in [2.24, 2.45) is 0 Å². The van der Waals surface area contributed by atoms with Crippen molar-refractivity contribution in [2.45, 2.75) is 13.3 Å². The monoisotopic (exact) mass is 492 g/mol. The smallest absolute Gasteiger partial charge is 0.276 e. The second-order valence-electron chi connectivity index (χ2n) is 7.70. The Morgan fingerprint density at radius 2 is 1.66 bits per heavy atom. The number of rotatable bonds is 7. The van der Waals surface area contributed by atoms with Crippen LogP contribution < -0.4 is 15.6 Å². The first-order valence-corrected chi connectivity index (χ1v) is 11.1. The highest BCUT2D eigenvalue weighted by atomic mass is 35.5. The summed E-state index contributed by atoms with van der Waals surface area (Å²) in [7, 11) is 0. The summed E-state index contributed by atoms with van der Waals surface area (Å²) < 4.78 is 20.2. The van der Waals surface area contributed by atoms with E-state index in [1.165, 1.54) is 28.9 Å². The number of hydrogen-bond acceptors (Lipinski definition) is 4. The summed E-state index contributed by atoms with van der Waals surface area (Å²) in [6, 6.07) is 22.9. The molecule has 9 heteroatoms. The van der Waals surface area contributed by atoms with E-state index in [1.807, 2.05) is 48.5 Å². The van der Waals surface area contributed by atoms with Crippen LogP contribution in [0.5, 0.6) is 5.75 Å². The number of ether oxygens (including phenoxy) is 1. The van der Waals surface area contributed by atoms with Gasteiger partial charge in [-0.15, -0.1) is 0 Å². The maximum absolute atomic E-state index is 13.2. The van der Waals surface area contributed by atoms with Gasteiger partial charge in [0.1, 0.15) is 22.3 Å². The molecule has 7 nitrogen and oxygen atoms in total. The predicted molar refractivity (Wildman–Crippen MR) is 130 cm³/mol. The van der Waals surface area contributed by atoms with Crippen LogP contribution in [0.15, 0.2) is 78.9 Å². The number of carbonyl (C=O) groups excluding carboxylic acids is 2. The molecule has 0 atom stereocenters. The van der Waals surface area contributed by atoms with Gasteiger partial charge in [0.15, 0.2) is 6.61 Å². The highest BCUT2D eigenvalue weighted by Gasteiger charge is 2.21. The molecule has 1 heterocycles. The van der Waals surface area contributed by atoms with E-state index < -0.39 is 17.6 Å². The van der Waals surface area contributed by atoms with Gasteiger partial charge in [-0.05, 0) is 48.4 Å². The van der Waals surface area contributed by atoms with Crippen LogP contribution in [0.2, 0.25) is 5.15 Å². The summed E-state index contributed by atoms with van der Waals surface area (Å²) in [5, 5.41) is 4.28. The van der Waals surface area contributed by atoms with Crippen LogP contribution in [0.1, 0.15) is 27.2 Å². The van der Waals surface area contributed by atoms with Crippen molar-refractivity contribution >= 4 is 23.4 Å². The minimum atomic E-state index is -0.640. The first kappa shape index (κ1) is 24.0. The Morgan fingerprint density at radius 3 is 2.40 bits per heavy atom. The van der Waals surface area contributed by atoms with E-state index in [0.29, 0.717) is 23.6 Å². The zero-order valence-electron chi connectivity index (χ0n) is 18.8. The summed E-state index contributed by atoms with van der Waals surface area (Å²) in [4.78, 5) is 25.0. The normalized spacial score (nSPS) is 10.6. The average Bonchev–Trinajstić information content (AvgIpc) is 3.16. The number of hydrazine groups is 1. The lowest BCUT2D eigenvalue weighted by Gasteiger charge is -2.12. The molecule has 0 bridgehead atoms. The van der Waals surface area contributed by atoms with Crippen molar-refractivity contribution < 1.29 is 18.7 Å². The molecule has 4 rings (SSSR count). The molecule has 0 saturated carbocycles. The summed E-state index contributed by atoms with van der Waals surface area (Å²) in [6.45, 7) is 1.31. The lowest BCUT2D eigenvalue weighted by molar-refractivity contribution is -0.123. The number of benzene rings is 3. The quantitative estimate of drug-likeness (QED) is 0.374. The molecule has 178 valence electrons. The largest absolute Gasteiger partial charge is 0.483 e. The number of nitrogens with one attached hydrogen (secondary N) is 2. The Labute approximate surface area is 206 Å². The highest BCUT2D eigenvalue weighted by Crippen LogP contribution is 2.24. The summed E-state index contributed by atoms with van der Waals surface area (Å²) in [5.74, 6) is -1.01. The van der Waals surface area contributed by atoms with E-state index >= 15 is 0 Å². The molecule has 35 heavy (non-hydrogen) atoms. The molecule has 0 saturated heterocycles. The van der Waals surface area contributed by atoms with Gasteiger partial charge in [0.05, 0.1) is 11.4 Å². The van der Waals surface area contributed by atoms with Crippen LogP contribution in [-0.4, -0.2) is 28.2 Å². The van der Waals surface area contributed by atoms with Crippen LogP contribution >= 0.6 is 11.6 Å². The third kappa shape index (κ3) is 5.85. The molecule has 2 amide bonds.